The lowest BCUT2D eigenvalue weighted by Crippen LogP contribution is -2.38. The molecule has 3 rings (SSSR count). The van der Waals surface area contributed by atoms with Gasteiger partial charge in [-0.05, 0) is 43.4 Å². The Morgan fingerprint density at radius 2 is 1.75 bits per heavy atom. The molecule has 1 heterocycles. The van der Waals surface area contributed by atoms with E-state index in [0.717, 1.165) is 50.8 Å². The van der Waals surface area contributed by atoms with E-state index in [-0.39, 0.29) is 11.3 Å². The summed E-state index contributed by atoms with van der Waals surface area (Å²) in [5, 5.41) is 0. The zero-order chi connectivity index (χ0) is 17.2. The van der Waals surface area contributed by atoms with Gasteiger partial charge in [0.1, 0.15) is 0 Å². The van der Waals surface area contributed by atoms with E-state index in [1.54, 1.807) is 0 Å². The Hall–Kier alpha value is -1.40. The number of hydrogen-bond donors (Lipinski definition) is 1. The number of nitrogens with zero attached hydrogens (tertiary/aromatic N) is 1. The van der Waals surface area contributed by atoms with Crippen molar-refractivity contribution in [3.8, 4) is 0 Å². The van der Waals surface area contributed by atoms with Gasteiger partial charge in [-0.3, -0.25) is 4.79 Å². The van der Waals surface area contributed by atoms with Crippen LogP contribution < -0.4 is 9.62 Å². The molecule has 24 heavy (non-hydrogen) atoms. The largest absolute Gasteiger partial charge is 0.312 e. The molecule has 0 spiro atoms. The Bertz CT molecular complexity index is 691. The number of nitrogens with one attached hydrogen (secondary N) is 1. The van der Waals surface area contributed by atoms with Gasteiger partial charge < -0.3 is 4.90 Å². The second-order valence-electron chi connectivity index (χ2n) is 7.13. The van der Waals surface area contributed by atoms with Crippen LogP contribution in [-0.2, 0) is 20.2 Å². The van der Waals surface area contributed by atoms with E-state index in [0.29, 0.717) is 13.0 Å². The van der Waals surface area contributed by atoms with Crippen LogP contribution in [0, 0.1) is 0 Å². The van der Waals surface area contributed by atoms with Crippen LogP contribution >= 0.6 is 0 Å². The highest BCUT2D eigenvalue weighted by atomic mass is 32.2. The zero-order valence-electron chi connectivity index (χ0n) is 14.3. The van der Waals surface area contributed by atoms with Gasteiger partial charge in [0.05, 0.1) is 6.26 Å². The van der Waals surface area contributed by atoms with Crippen LogP contribution in [0.2, 0.25) is 0 Å². The lowest BCUT2D eigenvalue weighted by atomic mass is 9.79. The minimum Gasteiger partial charge on any atom is -0.312 e. The van der Waals surface area contributed by atoms with Crippen LogP contribution in [0.4, 0.5) is 5.69 Å². The maximum atomic E-state index is 12.1. The summed E-state index contributed by atoms with van der Waals surface area (Å²) in [5.74, 6) is 0.198. The van der Waals surface area contributed by atoms with Crippen molar-refractivity contribution in [3.05, 3.63) is 29.8 Å². The van der Waals surface area contributed by atoms with Crippen molar-refractivity contribution in [2.24, 2.45) is 0 Å². The molecular weight excluding hydrogens is 324 g/mol. The first-order valence-corrected chi connectivity index (χ1v) is 10.6. The molecule has 6 heteroatoms. The molecule has 0 radical (unpaired) electrons. The summed E-state index contributed by atoms with van der Waals surface area (Å²) in [6.07, 6.45) is 8.11. The van der Waals surface area contributed by atoms with Crippen molar-refractivity contribution in [2.75, 3.05) is 24.2 Å². The van der Waals surface area contributed by atoms with E-state index in [2.05, 4.69) is 16.9 Å². The van der Waals surface area contributed by atoms with Crippen molar-refractivity contribution in [3.63, 3.8) is 0 Å². The highest BCUT2D eigenvalue weighted by Gasteiger charge is 2.36. The summed E-state index contributed by atoms with van der Waals surface area (Å²) in [6, 6.07) is 8.18. The fourth-order valence-electron chi connectivity index (χ4n) is 3.96. The van der Waals surface area contributed by atoms with Crippen LogP contribution in [0.25, 0.3) is 0 Å². The summed E-state index contributed by atoms with van der Waals surface area (Å²) < 4.78 is 25.7. The topological polar surface area (TPSA) is 66.5 Å². The molecule has 0 aromatic heterocycles. The highest BCUT2D eigenvalue weighted by Crippen LogP contribution is 2.41. The number of carbonyl (C=O) groups is 1. The average Bonchev–Trinajstić information content (AvgIpc) is 3.03. The van der Waals surface area contributed by atoms with E-state index >= 15 is 0 Å². The predicted octanol–water partition coefficient (Wildman–Crippen LogP) is 2.56. The molecule has 1 saturated heterocycles. The third-order valence-corrected chi connectivity index (χ3v) is 6.02. The van der Waals surface area contributed by atoms with Gasteiger partial charge in [-0.15, -0.1) is 0 Å². The molecule has 0 bridgehead atoms. The Kier molecular flexibility index (Phi) is 4.97. The standard InChI is InChI=1S/C18H26N2O3S/c1-24(22,23)19-14-18(11-3-4-12-18)15-7-9-16(10-8-15)20-13-5-2-6-17(20)21/h7-10,19H,2-6,11-14H2,1H3. The maximum absolute atomic E-state index is 12.1. The second-order valence-corrected chi connectivity index (χ2v) is 8.96. The van der Waals surface area contributed by atoms with E-state index in [1.807, 2.05) is 17.0 Å². The number of piperidine rings is 1. The van der Waals surface area contributed by atoms with E-state index in [1.165, 1.54) is 11.8 Å². The van der Waals surface area contributed by atoms with Gasteiger partial charge in [0.2, 0.25) is 15.9 Å². The van der Waals surface area contributed by atoms with E-state index in [4.69, 9.17) is 0 Å². The second kappa shape index (κ2) is 6.84. The SMILES string of the molecule is CS(=O)(=O)NCC1(c2ccc(N3CCCCC3=O)cc2)CCCC1. The molecule has 132 valence electrons. The van der Waals surface area contributed by atoms with Gasteiger partial charge in [0.15, 0.2) is 0 Å². The van der Waals surface area contributed by atoms with Crippen LogP contribution in [0.1, 0.15) is 50.5 Å². The first-order chi connectivity index (χ1) is 11.4. The van der Waals surface area contributed by atoms with Gasteiger partial charge in [-0.1, -0.05) is 25.0 Å². The summed E-state index contributed by atoms with van der Waals surface area (Å²) >= 11 is 0. The van der Waals surface area contributed by atoms with Gasteiger partial charge in [-0.25, -0.2) is 13.1 Å². The molecule has 1 aliphatic carbocycles. The van der Waals surface area contributed by atoms with Crippen molar-refractivity contribution >= 4 is 21.6 Å². The Morgan fingerprint density at radius 3 is 2.33 bits per heavy atom. The summed E-state index contributed by atoms with van der Waals surface area (Å²) in [5.41, 5.74) is 2.00. The number of sulfonamides is 1. The Labute approximate surface area is 144 Å². The number of hydrogen-bond acceptors (Lipinski definition) is 3. The van der Waals surface area contributed by atoms with Crippen molar-refractivity contribution in [1.29, 1.82) is 0 Å². The lowest BCUT2D eigenvalue weighted by molar-refractivity contribution is -0.119. The predicted molar refractivity (Wildman–Crippen MR) is 95.6 cm³/mol. The molecule has 1 saturated carbocycles. The molecule has 1 aromatic carbocycles. The third kappa shape index (κ3) is 3.81. The number of anilines is 1. The van der Waals surface area contributed by atoms with Crippen LogP contribution in [-0.4, -0.2) is 33.7 Å². The first-order valence-electron chi connectivity index (χ1n) is 8.75. The highest BCUT2D eigenvalue weighted by molar-refractivity contribution is 7.88. The normalized spacial score (nSPS) is 21.2. The molecule has 5 nitrogen and oxygen atoms in total. The van der Waals surface area contributed by atoms with Crippen LogP contribution in [0.15, 0.2) is 24.3 Å². The van der Waals surface area contributed by atoms with E-state index in [9.17, 15) is 13.2 Å². The Balaban J connectivity index is 1.80. The molecule has 1 aliphatic heterocycles. The molecule has 0 atom stereocenters. The zero-order valence-corrected chi connectivity index (χ0v) is 15.1. The van der Waals surface area contributed by atoms with Gasteiger partial charge in [0.25, 0.3) is 0 Å². The Morgan fingerprint density at radius 1 is 1.08 bits per heavy atom. The van der Waals surface area contributed by atoms with Crippen molar-refractivity contribution < 1.29 is 13.2 Å². The number of carbonyl (C=O) groups excluding carboxylic acids is 1. The summed E-state index contributed by atoms with van der Waals surface area (Å²) in [6.45, 7) is 1.24. The summed E-state index contributed by atoms with van der Waals surface area (Å²) in [7, 11) is -3.19. The molecule has 1 aromatic rings. The average molecular weight is 350 g/mol. The minimum atomic E-state index is -3.19. The summed E-state index contributed by atoms with van der Waals surface area (Å²) in [4.78, 5) is 13.9. The molecule has 1 N–H and O–H groups in total. The number of benzene rings is 1. The van der Waals surface area contributed by atoms with E-state index < -0.39 is 10.0 Å². The quantitative estimate of drug-likeness (QED) is 0.887. The first kappa shape index (κ1) is 17.4. The number of amides is 1. The molecular formula is C18H26N2O3S. The minimum absolute atomic E-state index is 0.118. The molecule has 1 amide bonds. The fraction of sp³-hybridized carbons (Fsp3) is 0.611. The van der Waals surface area contributed by atoms with Gasteiger partial charge in [-0.2, -0.15) is 0 Å². The lowest BCUT2D eigenvalue weighted by Gasteiger charge is -2.31. The maximum Gasteiger partial charge on any atom is 0.226 e. The fourth-order valence-corrected chi connectivity index (χ4v) is 4.50. The molecule has 0 unspecified atom stereocenters. The van der Waals surface area contributed by atoms with Crippen LogP contribution in [0.3, 0.4) is 0 Å². The number of rotatable bonds is 5. The van der Waals surface area contributed by atoms with Crippen molar-refractivity contribution in [1.82, 2.24) is 4.72 Å². The van der Waals surface area contributed by atoms with Crippen LogP contribution in [0.5, 0.6) is 0 Å². The molecule has 2 fully saturated rings. The molecule has 2 aliphatic rings. The van der Waals surface area contributed by atoms with Gasteiger partial charge in [0, 0.05) is 30.6 Å². The smallest absolute Gasteiger partial charge is 0.226 e. The van der Waals surface area contributed by atoms with Gasteiger partial charge >= 0.3 is 0 Å². The van der Waals surface area contributed by atoms with Crippen molar-refractivity contribution in [2.45, 2.75) is 50.4 Å². The third-order valence-electron chi connectivity index (χ3n) is 5.35. The monoisotopic (exact) mass is 350 g/mol.